The third-order valence-electron chi connectivity index (χ3n) is 3.74. The Morgan fingerprint density at radius 2 is 2.20 bits per heavy atom. The average Bonchev–Trinajstić information content (AvgIpc) is 2.78. The van der Waals surface area contributed by atoms with E-state index in [0.29, 0.717) is 24.4 Å². The van der Waals surface area contributed by atoms with Crippen molar-refractivity contribution < 1.29 is 19.4 Å². The van der Waals surface area contributed by atoms with Crippen LogP contribution in [0.15, 0.2) is 18.2 Å². The van der Waals surface area contributed by atoms with Crippen molar-refractivity contribution in [2.45, 2.75) is 13.1 Å². The molecule has 0 saturated carbocycles. The predicted molar refractivity (Wildman–Crippen MR) is 72.3 cm³/mol. The molecule has 1 aliphatic rings. The Labute approximate surface area is 115 Å². The number of carboxylic acid groups (broad SMARTS) is 1. The van der Waals surface area contributed by atoms with Crippen molar-refractivity contribution in [1.82, 2.24) is 9.47 Å². The van der Waals surface area contributed by atoms with E-state index >= 15 is 0 Å². The summed E-state index contributed by atoms with van der Waals surface area (Å²) in [6, 6.07) is 5.56. The third-order valence-corrected chi connectivity index (χ3v) is 3.74. The normalized spacial score (nSPS) is 14.2. The van der Waals surface area contributed by atoms with Gasteiger partial charge in [0.1, 0.15) is 5.75 Å². The summed E-state index contributed by atoms with van der Waals surface area (Å²) in [5.74, 6) is 0.679. The summed E-state index contributed by atoms with van der Waals surface area (Å²) >= 11 is 0. The van der Waals surface area contributed by atoms with Crippen molar-refractivity contribution in [3.8, 4) is 5.75 Å². The maximum Gasteiger partial charge on any atom is 0.407 e. The molecule has 1 aromatic carbocycles. The van der Waals surface area contributed by atoms with E-state index in [4.69, 9.17) is 9.84 Å². The fraction of sp³-hybridized carbons (Fsp3) is 0.286. The van der Waals surface area contributed by atoms with Gasteiger partial charge >= 0.3 is 6.09 Å². The molecule has 0 fully saturated rings. The minimum Gasteiger partial charge on any atom is -0.497 e. The highest BCUT2D eigenvalue weighted by atomic mass is 16.5. The second-order valence-electron chi connectivity index (χ2n) is 4.72. The molecular formula is C14H14N2O4. The second kappa shape index (κ2) is 4.56. The van der Waals surface area contributed by atoms with Gasteiger partial charge in [-0.1, -0.05) is 0 Å². The van der Waals surface area contributed by atoms with Gasteiger partial charge in [-0.05, 0) is 18.2 Å². The van der Waals surface area contributed by atoms with Crippen LogP contribution in [0.4, 0.5) is 4.79 Å². The van der Waals surface area contributed by atoms with Crippen molar-refractivity contribution in [3.63, 3.8) is 0 Å². The van der Waals surface area contributed by atoms with Crippen molar-refractivity contribution in [2.24, 2.45) is 0 Å². The van der Waals surface area contributed by atoms with E-state index < -0.39 is 6.09 Å². The van der Waals surface area contributed by atoms with Gasteiger partial charge in [0.25, 0.3) is 0 Å². The molecule has 6 nitrogen and oxygen atoms in total. The van der Waals surface area contributed by atoms with E-state index in [1.807, 2.05) is 22.8 Å². The Morgan fingerprint density at radius 1 is 1.40 bits per heavy atom. The largest absolute Gasteiger partial charge is 0.497 e. The Kier molecular flexibility index (Phi) is 2.85. The van der Waals surface area contributed by atoms with E-state index in [1.54, 1.807) is 7.11 Å². The number of carbonyl (C=O) groups is 2. The molecule has 104 valence electrons. The van der Waals surface area contributed by atoms with Crippen LogP contribution in [-0.4, -0.2) is 40.6 Å². The smallest absolute Gasteiger partial charge is 0.407 e. The number of fused-ring (bicyclic) bond motifs is 3. The molecule has 3 rings (SSSR count). The van der Waals surface area contributed by atoms with Gasteiger partial charge in [0.2, 0.25) is 0 Å². The highest BCUT2D eigenvalue weighted by Gasteiger charge is 2.25. The Hall–Kier alpha value is -2.50. The van der Waals surface area contributed by atoms with Crippen LogP contribution in [0.1, 0.15) is 16.1 Å². The van der Waals surface area contributed by atoms with Gasteiger partial charge in [-0.25, -0.2) is 4.79 Å². The summed E-state index contributed by atoms with van der Waals surface area (Å²) in [4.78, 5) is 23.8. The van der Waals surface area contributed by atoms with Crippen LogP contribution in [0.3, 0.4) is 0 Å². The van der Waals surface area contributed by atoms with Gasteiger partial charge in [-0.2, -0.15) is 0 Å². The number of benzene rings is 1. The first-order valence-electron chi connectivity index (χ1n) is 6.28. The molecule has 6 heteroatoms. The van der Waals surface area contributed by atoms with E-state index in [9.17, 15) is 9.59 Å². The van der Waals surface area contributed by atoms with E-state index in [0.717, 1.165) is 22.9 Å². The van der Waals surface area contributed by atoms with Crippen LogP contribution >= 0.6 is 0 Å². The molecule has 2 aromatic rings. The fourth-order valence-electron chi connectivity index (χ4n) is 2.74. The van der Waals surface area contributed by atoms with Crippen LogP contribution in [0.5, 0.6) is 5.75 Å². The summed E-state index contributed by atoms with van der Waals surface area (Å²) in [6.45, 7) is 1.22. The molecule has 1 N–H and O–H groups in total. The Bertz CT molecular complexity index is 705. The number of hydrogen-bond acceptors (Lipinski definition) is 3. The molecule has 20 heavy (non-hydrogen) atoms. The minimum atomic E-state index is -0.962. The molecule has 2 heterocycles. The lowest BCUT2D eigenvalue weighted by Gasteiger charge is -2.26. The molecule has 0 aliphatic carbocycles. The van der Waals surface area contributed by atoms with Crippen molar-refractivity contribution in [1.29, 1.82) is 0 Å². The van der Waals surface area contributed by atoms with Gasteiger partial charge in [0.15, 0.2) is 6.29 Å². The highest BCUT2D eigenvalue weighted by molar-refractivity contribution is 6.00. The summed E-state index contributed by atoms with van der Waals surface area (Å²) in [5.41, 5.74) is 2.23. The van der Waals surface area contributed by atoms with Crippen molar-refractivity contribution >= 4 is 23.3 Å². The second-order valence-corrected chi connectivity index (χ2v) is 4.72. The number of amides is 1. The number of nitrogens with zero attached hydrogens (tertiary/aromatic N) is 2. The van der Waals surface area contributed by atoms with Crippen molar-refractivity contribution in [3.05, 3.63) is 29.5 Å². The number of aldehydes is 1. The van der Waals surface area contributed by atoms with Gasteiger partial charge in [-0.3, -0.25) is 4.79 Å². The first-order valence-corrected chi connectivity index (χ1v) is 6.28. The van der Waals surface area contributed by atoms with Gasteiger partial charge < -0.3 is 19.3 Å². The van der Waals surface area contributed by atoms with Gasteiger partial charge in [0.05, 0.1) is 13.7 Å². The SMILES string of the molecule is COc1ccc2c(c1)c(C=O)c1n2CCN(C(=O)O)C1. The summed E-state index contributed by atoms with van der Waals surface area (Å²) in [7, 11) is 1.57. The quantitative estimate of drug-likeness (QED) is 0.850. The van der Waals surface area contributed by atoms with Gasteiger partial charge in [-0.15, -0.1) is 0 Å². The van der Waals surface area contributed by atoms with Crippen LogP contribution in [0, 0.1) is 0 Å². The molecule has 0 saturated heterocycles. The molecule has 0 bridgehead atoms. The summed E-state index contributed by atoms with van der Waals surface area (Å²) < 4.78 is 7.20. The zero-order valence-corrected chi connectivity index (χ0v) is 11.0. The molecule has 0 spiro atoms. The van der Waals surface area contributed by atoms with E-state index in [1.165, 1.54) is 4.90 Å². The molecule has 1 aliphatic heterocycles. The Balaban J connectivity index is 2.21. The summed E-state index contributed by atoms with van der Waals surface area (Å²) in [6.07, 6.45) is -0.171. The van der Waals surface area contributed by atoms with Crippen molar-refractivity contribution in [2.75, 3.05) is 13.7 Å². The van der Waals surface area contributed by atoms with Crippen LogP contribution < -0.4 is 4.74 Å². The zero-order valence-electron chi connectivity index (χ0n) is 11.0. The molecule has 0 unspecified atom stereocenters. The Morgan fingerprint density at radius 3 is 2.85 bits per heavy atom. The maximum atomic E-state index is 11.4. The lowest BCUT2D eigenvalue weighted by atomic mass is 10.1. The number of carbonyl (C=O) groups excluding carboxylic acids is 1. The maximum absolute atomic E-state index is 11.4. The fourth-order valence-corrected chi connectivity index (χ4v) is 2.74. The topological polar surface area (TPSA) is 71.8 Å². The monoisotopic (exact) mass is 274 g/mol. The number of ether oxygens (including phenoxy) is 1. The molecule has 1 aromatic heterocycles. The standard InChI is InChI=1S/C14H14N2O4/c1-20-9-2-3-12-10(6-9)11(8-17)13-7-15(14(18)19)4-5-16(12)13/h2-3,6,8H,4-5,7H2,1H3,(H,18,19). The number of aromatic nitrogens is 1. The molecule has 1 amide bonds. The lowest BCUT2D eigenvalue weighted by Crippen LogP contribution is -2.37. The lowest BCUT2D eigenvalue weighted by molar-refractivity contribution is 0.111. The third kappa shape index (κ3) is 1.72. The molecule has 0 atom stereocenters. The summed E-state index contributed by atoms with van der Waals surface area (Å²) in [5, 5.41) is 9.90. The minimum absolute atomic E-state index is 0.237. The molecule has 0 radical (unpaired) electrons. The average molecular weight is 274 g/mol. The van der Waals surface area contributed by atoms with E-state index in [2.05, 4.69) is 0 Å². The van der Waals surface area contributed by atoms with Crippen LogP contribution in [0.25, 0.3) is 10.9 Å². The van der Waals surface area contributed by atoms with Crippen LogP contribution in [-0.2, 0) is 13.1 Å². The van der Waals surface area contributed by atoms with Crippen LogP contribution in [0.2, 0.25) is 0 Å². The predicted octanol–water partition coefficient (Wildman–Crippen LogP) is 1.96. The number of hydrogen-bond donors (Lipinski definition) is 1. The molecular weight excluding hydrogens is 260 g/mol. The highest BCUT2D eigenvalue weighted by Crippen LogP contribution is 2.31. The van der Waals surface area contributed by atoms with Gasteiger partial charge in [0, 0.05) is 35.2 Å². The zero-order chi connectivity index (χ0) is 14.3. The number of methoxy groups -OCH3 is 1. The first kappa shape index (κ1) is 12.5. The number of rotatable bonds is 2. The first-order chi connectivity index (χ1) is 9.65. The van der Waals surface area contributed by atoms with E-state index in [-0.39, 0.29) is 6.54 Å².